The van der Waals surface area contributed by atoms with Gasteiger partial charge in [-0.05, 0) is 68.2 Å². The second-order valence-corrected chi connectivity index (χ2v) is 11.3. The maximum absolute atomic E-state index is 15.5. The summed E-state index contributed by atoms with van der Waals surface area (Å²) >= 11 is 0. The number of aryl methyl sites for hydroxylation is 2. The van der Waals surface area contributed by atoms with Crippen LogP contribution in [0.2, 0.25) is 0 Å². The number of anilines is 1. The van der Waals surface area contributed by atoms with Gasteiger partial charge >= 0.3 is 0 Å². The van der Waals surface area contributed by atoms with E-state index in [4.69, 9.17) is 4.98 Å². The molecule has 0 saturated carbocycles. The lowest BCUT2D eigenvalue weighted by molar-refractivity contribution is 0.585. The smallest absolute Gasteiger partial charge is 0.234 e. The van der Waals surface area contributed by atoms with Crippen molar-refractivity contribution in [3.63, 3.8) is 0 Å². The summed E-state index contributed by atoms with van der Waals surface area (Å²) in [5.41, 5.74) is 7.65. The minimum Gasteiger partial charge on any atom is -0.289 e. The van der Waals surface area contributed by atoms with E-state index in [-0.39, 0.29) is 0 Å². The number of rotatable bonds is 4. The van der Waals surface area contributed by atoms with Crippen molar-refractivity contribution >= 4 is 40.1 Å². The molecule has 3 nitrogen and oxygen atoms in total. The maximum atomic E-state index is 15.5. The quantitative estimate of drug-likeness (QED) is 0.309. The molecule has 1 aromatic heterocycles. The van der Waals surface area contributed by atoms with Crippen LogP contribution in [-0.4, -0.2) is 4.98 Å². The fourth-order valence-corrected chi connectivity index (χ4v) is 8.18. The Kier molecular flexibility index (Phi) is 5.46. The topological polar surface area (TPSA) is 33.2 Å². The number of nitrogens with zero attached hydrogens (tertiary/aromatic N) is 2. The minimum atomic E-state index is -3.22. The summed E-state index contributed by atoms with van der Waals surface area (Å²) < 4.78 is 17.7. The van der Waals surface area contributed by atoms with Crippen LogP contribution >= 0.6 is 7.29 Å². The van der Waals surface area contributed by atoms with E-state index >= 15 is 4.57 Å². The molecular formula is C29H29N2OP. The van der Waals surface area contributed by atoms with Crippen LogP contribution in [0.25, 0.3) is 16.5 Å². The average molecular weight is 453 g/mol. The summed E-state index contributed by atoms with van der Waals surface area (Å²) in [6.45, 7) is 8.53. The zero-order valence-electron chi connectivity index (χ0n) is 19.7. The molecule has 166 valence electrons. The van der Waals surface area contributed by atoms with E-state index in [2.05, 4.69) is 80.9 Å². The van der Waals surface area contributed by atoms with Crippen LogP contribution in [0.5, 0.6) is 0 Å². The van der Waals surface area contributed by atoms with Crippen molar-refractivity contribution in [2.24, 2.45) is 0 Å². The van der Waals surface area contributed by atoms with E-state index in [1.165, 1.54) is 11.1 Å². The van der Waals surface area contributed by atoms with Crippen molar-refractivity contribution < 1.29 is 4.57 Å². The first kappa shape index (κ1) is 21.7. The average Bonchev–Trinajstić information content (AvgIpc) is 2.83. The SMILES string of the molecule is CCC1=C(CC)N(c2cccc3cccnc23)[P@](=O)(c2ccc(C)cc2)c2ccc(C)cc21. The Morgan fingerprint density at radius 1 is 0.848 bits per heavy atom. The Morgan fingerprint density at radius 2 is 1.58 bits per heavy atom. The lowest BCUT2D eigenvalue weighted by atomic mass is 9.97. The molecule has 0 bridgehead atoms. The second kappa shape index (κ2) is 8.32. The summed E-state index contributed by atoms with van der Waals surface area (Å²) in [7, 11) is -3.22. The molecule has 1 atom stereocenters. The molecule has 0 saturated heterocycles. The first-order valence-corrected chi connectivity index (χ1v) is 13.3. The van der Waals surface area contributed by atoms with E-state index in [1.807, 2.05) is 30.5 Å². The molecule has 5 rings (SSSR count). The van der Waals surface area contributed by atoms with Gasteiger partial charge in [-0.25, -0.2) is 0 Å². The molecule has 33 heavy (non-hydrogen) atoms. The number of pyridine rings is 1. The van der Waals surface area contributed by atoms with Crippen LogP contribution in [0.3, 0.4) is 0 Å². The van der Waals surface area contributed by atoms with Crippen LogP contribution in [0.15, 0.2) is 84.7 Å². The Balaban J connectivity index is 1.93. The molecular weight excluding hydrogens is 423 g/mol. The summed E-state index contributed by atoms with van der Waals surface area (Å²) in [5.74, 6) is 0. The first-order chi connectivity index (χ1) is 16.0. The number of hydrogen-bond acceptors (Lipinski definition) is 2. The zero-order valence-corrected chi connectivity index (χ0v) is 20.6. The summed E-state index contributed by atoms with van der Waals surface area (Å²) in [6.07, 6.45) is 3.48. The van der Waals surface area contributed by atoms with Gasteiger partial charge in [0.25, 0.3) is 0 Å². The van der Waals surface area contributed by atoms with Gasteiger partial charge in [0.05, 0.1) is 11.2 Å². The van der Waals surface area contributed by atoms with Crippen LogP contribution in [-0.2, 0) is 4.57 Å². The van der Waals surface area contributed by atoms with Gasteiger partial charge in [0.1, 0.15) is 0 Å². The van der Waals surface area contributed by atoms with Gasteiger partial charge in [-0.1, -0.05) is 67.4 Å². The van der Waals surface area contributed by atoms with Crippen molar-refractivity contribution in [2.45, 2.75) is 40.5 Å². The molecule has 4 heteroatoms. The summed E-state index contributed by atoms with van der Waals surface area (Å²) in [5, 5.41) is 2.82. The normalized spacial score (nSPS) is 18.0. The van der Waals surface area contributed by atoms with Crippen molar-refractivity contribution in [1.29, 1.82) is 0 Å². The van der Waals surface area contributed by atoms with Crippen molar-refractivity contribution in [3.8, 4) is 0 Å². The number of benzene rings is 3. The van der Waals surface area contributed by atoms with Gasteiger partial charge in [0, 0.05) is 27.9 Å². The van der Waals surface area contributed by atoms with E-state index in [0.717, 1.165) is 56.9 Å². The van der Waals surface area contributed by atoms with Crippen molar-refractivity contribution in [1.82, 2.24) is 4.98 Å². The highest BCUT2D eigenvalue weighted by molar-refractivity contribution is 7.80. The summed E-state index contributed by atoms with van der Waals surface area (Å²) in [6, 6.07) is 24.8. The number of fused-ring (bicyclic) bond motifs is 2. The Morgan fingerprint density at radius 3 is 2.30 bits per heavy atom. The first-order valence-electron chi connectivity index (χ1n) is 11.6. The fraction of sp³-hybridized carbons (Fsp3) is 0.207. The second-order valence-electron chi connectivity index (χ2n) is 8.73. The standard InChI is InChI=1S/C29H29N2OP/c1-5-24-25-19-21(4)14-17-28(25)33(32,23-15-12-20(3)13-16-23)31(26(24)6-2)27-11-7-9-22-10-8-18-30-29(22)27/h7-19H,5-6H2,1-4H3/t33-/m0/s1. The molecule has 0 fully saturated rings. The third kappa shape index (κ3) is 3.34. The van der Waals surface area contributed by atoms with Crippen LogP contribution in [0, 0.1) is 13.8 Å². The van der Waals surface area contributed by atoms with E-state index in [9.17, 15) is 0 Å². The van der Waals surface area contributed by atoms with Crippen LogP contribution in [0.1, 0.15) is 43.4 Å². The van der Waals surface area contributed by atoms with E-state index < -0.39 is 7.29 Å². The molecule has 4 aromatic rings. The molecule has 2 heterocycles. The molecule has 0 aliphatic carbocycles. The van der Waals surface area contributed by atoms with Gasteiger partial charge in [-0.2, -0.15) is 0 Å². The fourth-order valence-electron chi connectivity index (χ4n) is 5.03. The lowest BCUT2D eigenvalue weighted by Crippen LogP contribution is -2.37. The predicted molar refractivity (Wildman–Crippen MR) is 141 cm³/mol. The zero-order chi connectivity index (χ0) is 23.2. The lowest BCUT2D eigenvalue weighted by Gasteiger charge is -2.42. The van der Waals surface area contributed by atoms with Crippen LogP contribution in [0.4, 0.5) is 5.69 Å². The molecule has 1 aliphatic heterocycles. The number of allylic oxidation sites excluding steroid dienone is 2. The highest BCUT2D eigenvalue weighted by atomic mass is 31.2. The van der Waals surface area contributed by atoms with Gasteiger partial charge < -0.3 is 0 Å². The van der Waals surface area contributed by atoms with Gasteiger partial charge in [-0.3, -0.25) is 14.2 Å². The largest absolute Gasteiger partial charge is 0.289 e. The Labute approximate surface area is 196 Å². The van der Waals surface area contributed by atoms with Gasteiger partial charge in [-0.15, -0.1) is 0 Å². The van der Waals surface area contributed by atoms with Gasteiger partial charge in [0.2, 0.25) is 7.29 Å². The molecule has 0 N–H and O–H groups in total. The van der Waals surface area contributed by atoms with E-state index in [0.29, 0.717) is 0 Å². The number of aromatic nitrogens is 1. The van der Waals surface area contributed by atoms with Crippen LogP contribution < -0.4 is 15.3 Å². The summed E-state index contributed by atoms with van der Waals surface area (Å²) in [4.78, 5) is 4.73. The highest BCUT2D eigenvalue weighted by Gasteiger charge is 2.43. The minimum absolute atomic E-state index is 0.787. The Hall–Kier alpha value is -3.16. The van der Waals surface area contributed by atoms with Crippen molar-refractivity contribution in [3.05, 3.63) is 101 Å². The Bertz CT molecular complexity index is 1430. The third-order valence-electron chi connectivity index (χ3n) is 6.60. The monoisotopic (exact) mass is 452 g/mol. The predicted octanol–water partition coefficient (Wildman–Crippen LogP) is 7.13. The molecule has 0 amide bonds. The molecule has 0 spiro atoms. The maximum Gasteiger partial charge on any atom is 0.234 e. The van der Waals surface area contributed by atoms with Gasteiger partial charge in [0.15, 0.2) is 0 Å². The number of para-hydroxylation sites is 1. The molecule has 3 aromatic carbocycles. The molecule has 1 aliphatic rings. The third-order valence-corrected chi connectivity index (χ3v) is 9.66. The van der Waals surface area contributed by atoms with Crippen molar-refractivity contribution in [2.75, 3.05) is 4.67 Å². The molecule has 0 radical (unpaired) electrons. The molecule has 0 unspecified atom stereocenters. The highest BCUT2D eigenvalue weighted by Crippen LogP contribution is 2.59. The number of hydrogen-bond donors (Lipinski definition) is 0. The van der Waals surface area contributed by atoms with E-state index in [1.54, 1.807) is 0 Å².